The van der Waals surface area contributed by atoms with Gasteiger partial charge in [-0.3, -0.25) is 0 Å². The van der Waals surface area contributed by atoms with Crippen molar-refractivity contribution in [3.8, 4) is 0 Å². The molecule has 0 amide bonds. The maximum Gasteiger partial charge on any atom is 0.157 e. The summed E-state index contributed by atoms with van der Waals surface area (Å²) < 4.78 is 9.79. The molecule has 0 spiro atoms. The number of hydrogen-bond acceptors (Lipinski definition) is 4. The van der Waals surface area contributed by atoms with E-state index in [1.807, 2.05) is 0 Å². The standard InChI is InChI=1S/C8H18O4/c1-6(9)7(2)12-8(10)4-5-11-3/h6-10H,4-5H2,1-3H3/t6-,7+,8-/m1/s1. The number of rotatable bonds is 6. The fraction of sp³-hybridized carbons (Fsp3) is 1.00. The summed E-state index contributed by atoms with van der Waals surface area (Å²) in [5, 5.41) is 18.2. The van der Waals surface area contributed by atoms with Gasteiger partial charge in [-0.2, -0.15) is 0 Å². The molecule has 0 saturated carbocycles. The summed E-state index contributed by atoms with van der Waals surface area (Å²) in [6, 6.07) is 0. The maximum absolute atomic E-state index is 9.19. The van der Waals surface area contributed by atoms with Gasteiger partial charge < -0.3 is 19.7 Å². The summed E-state index contributed by atoms with van der Waals surface area (Å²) in [5.74, 6) is 0. The van der Waals surface area contributed by atoms with E-state index in [1.165, 1.54) is 0 Å². The number of aliphatic hydroxyl groups excluding tert-OH is 2. The van der Waals surface area contributed by atoms with E-state index in [0.29, 0.717) is 13.0 Å². The fourth-order valence-corrected chi connectivity index (χ4v) is 0.648. The lowest BCUT2D eigenvalue weighted by Gasteiger charge is -2.19. The van der Waals surface area contributed by atoms with E-state index in [-0.39, 0.29) is 6.10 Å². The van der Waals surface area contributed by atoms with Crippen LogP contribution in [0.25, 0.3) is 0 Å². The lowest BCUT2D eigenvalue weighted by Crippen LogP contribution is -2.28. The van der Waals surface area contributed by atoms with Gasteiger partial charge in [-0.25, -0.2) is 0 Å². The number of ether oxygens (including phenoxy) is 2. The van der Waals surface area contributed by atoms with Crippen LogP contribution in [0.4, 0.5) is 0 Å². The van der Waals surface area contributed by atoms with Gasteiger partial charge in [0.15, 0.2) is 6.29 Å². The van der Waals surface area contributed by atoms with Crippen LogP contribution in [0.2, 0.25) is 0 Å². The van der Waals surface area contributed by atoms with Crippen LogP contribution in [0.1, 0.15) is 20.3 Å². The zero-order valence-corrected chi connectivity index (χ0v) is 7.86. The summed E-state index contributed by atoms with van der Waals surface area (Å²) in [7, 11) is 1.56. The molecule has 4 nitrogen and oxygen atoms in total. The normalized spacial score (nSPS) is 18.8. The summed E-state index contributed by atoms with van der Waals surface area (Å²) >= 11 is 0. The summed E-state index contributed by atoms with van der Waals surface area (Å²) in [6.07, 6.45) is -1.35. The molecular formula is C8H18O4. The van der Waals surface area contributed by atoms with Crippen LogP contribution in [-0.4, -0.2) is 42.4 Å². The molecule has 2 N–H and O–H groups in total. The highest BCUT2D eigenvalue weighted by atomic mass is 16.6. The van der Waals surface area contributed by atoms with Crippen molar-refractivity contribution in [1.29, 1.82) is 0 Å². The monoisotopic (exact) mass is 178 g/mol. The second-order valence-corrected chi connectivity index (χ2v) is 2.82. The van der Waals surface area contributed by atoms with Gasteiger partial charge in [0.05, 0.1) is 18.8 Å². The predicted molar refractivity (Wildman–Crippen MR) is 44.7 cm³/mol. The van der Waals surface area contributed by atoms with Crippen molar-refractivity contribution in [2.75, 3.05) is 13.7 Å². The molecule has 4 heteroatoms. The van der Waals surface area contributed by atoms with Crippen molar-refractivity contribution < 1.29 is 19.7 Å². The Morgan fingerprint density at radius 1 is 1.25 bits per heavy atom. The first-order chi connectivity index (χ1) is 5.57. The minimum atomic E-state index is -0.852. The Bertz CT molecular complexity index is 105. The average molecular weight is 178 g/mol. The van der Waals surface area contributed by atoms with Gasteiger partial charge in [-0.1, -0.05) is 0 Å². The SMILES string of the molecule is COCC[C@H](O)O[C@@H](C)[C@@H](C)O. The van der Waals surface area contributed by atoms with Crippen LogP contribution in [0.3, 0.4) is 0 Å². The zero-order chi connectivity index (χ0) is 9.56. The van der Waals surface area contributed by atoms with Gasteiger partial charge in [-0.15, -0.1) is 0 Å². The van der Waals surface area contributed by atoms with Crippen LogP contribution in [0.5, 0.6) is 0 Å². The molecular weight excluding hydrogens is 160 g/mol. The molecule has 0 aliphatic carbocycles. The van der Waals surface area contributed by atoms with Gasteiger partial charge in [0.2, 0.25) is 0 Å². The molecule has 0 radical (unpaired) electrons. The number of aliphatic hydroxyl groups is 2. The average Bonchev–Trinajstić information content (AvgIpc) is 2.00. The quantitative estimate of drug-likeness (QED) is 0.567. The molecule has 0 saturated heterocycles. The zero-order valence-electron chi connectivity index (χ0n) is 7.86. The highest BCUT2D eigenvalue weighted by Crippen LogP contribution is 2.03. The minimum absolute atomic E-state index is 0.350. The topological polar surface area (TPSA) is 58.9 Å². The van der Waals surface area contributed by atoms with Crippen molar-refractivity contribution >= 4 is 0 Å². The molecule has 74 valence electrons. The van der Waals surface area contributed by atoms with Crippen molar-refractivity contribution in [3.63, 3.8) is 0 Å². The third-order valence-electron chi connectivity index (χ3n) is 1.62. The molecule has 0 aliphatic rings. The lowest BCUT2D eigenvalue weighted by molar-refractivity contribution is -0.163. The van der Waals surface area contributed by atoms with Crippen molar-refractivity contribution in [3.05, 3.63) is 0 Å². The van der Waals surface area contributed by atoms with Crippen LogP contribution in [0.15, 0.2) is 0 Å². The van der Waals surface area contributed by atoms with E-state index in [4.69, 9.17) is 14.6 Å². The summed E-state index contributed by atoms with van der Waals surface area (Å²) in [6.45, 7) is 3.78. The Hall–Kier alpha value is -0.160. The highest BCUT2D eigenvalue weighted by Gasteiger charge is 2.13. The Balaban J connectivity index is 3.47. The van der Waals surface area contributed by atoms with E-state index in [9.17, 15) is 5.11 Å². The van der Waals surface area contributed by atoms with E-state index in [1.54, 1.807) is 21.0 Å². The van der Waals surface area contributed by atoms with Crippen molar-refractivity contribution in [2.45, 2.75) is 38.8 Å². The second kappa shape index (κ2) is 6.37. The van der Waals surface area contributed by atoms with Crippen LogP contribution < -0.4 is 0 Å². The molecule has 0 aliphatic heterocycles. The molecule has 3 atom stereocenters. The van der Waals surface area contributed by atoms with Gasteiger partial charge >= 0.3 is 0 Å². The van der Waals surface area contributed by atoms with Gasteiger partial charge in [-0.05, 0) is 13.8 Å². The van der Waals surface area contributed by atoms with Crippen molar-refractivity contribution in [2.24, 2.45) is 0 Å². The van der Waals surface area contributed by atoms with Crippen LogP contribution in [-0.2, 0) is 9.47 Å². The summed E-state index contributed by atoms with van der Waals surface area (Å²) in [4.78, 5) is 0. The van der Waals surface area contributed by atoms with Gasteiger partial charge in [0, 0.05) is 13.5 Å². The number of methoxy groups -OCH3 is 1. The Kier molecular flexibility index (Phi) is 6.28. The van der Waals surface area contributed by atoms with Crippen molar-refractivity contribution in [1.82, 2.24) is 0 Å². The van der Waals surface area contributed by atoms with Gasteiger partial charge in [0.25, 0.3) is 0 Å². The molecule has 0 bridgehead atoms. The Morgan fingerprint density at radius 3 is 2.25 bits per heavy atom. The molecule has 12 heavy (non-hydrogen) atoms. The first-order valence-electron chi connectivity index (χ1n) is 4.08. The molecule has 0 fully saturated rings. The van der Waals surface area contributed by atoms with Crippen LogP contribution in [0, 0.1) is 0 Å². The maximum atomic E-state index is 9.19. The molecule has 0 rings (SSSR count). The first-order valence-corrected chi connectivity index (χ1v) is 4.08. The van der Waals surface area contributed by atoms with E-state index >= 15 is 0 Å². The molecule has 0 aromatic carbocycles. The molecule has 0 aromatic heterocycles. The number of hydrogen-bond donors (Lipinski definition) is 2. The summed E-state index contributed by atoms with van der Waals surface area (Å²) in [5.41, 5.74) is 0. The first kappa shape index (κ1) is 11.8. The highest BCUT2D eigenvalue weighted by molar-refractivity contribution is 4.57. The molecule has 0 heterocycles. The molecule has 0 unspecified atom stereocenters. The third kappa shape index (κ3) is 5.49. The van der Waals surface area contributed by atoms with E-state index < -0.39 is 12.4 Å². The Labute approximate surface area is 73.1 Å². The van der Waals surface area contributed by atoms with E-state index in [2.05, 4.69) is 0 Å². The lowest BCUT2D eigenvalue weighted by atomic mass is 10.2. The second-order valence-electron chi connectivity index (χ2n) is 2.82. The largest absolute Gasteiger partial charge is 0.391 e. The van der Waals surface area contributed by atoms with Crippen LogP contribution >= 0.6 is 0 Å². The van der Waals surface area contributed by atoms with E-state index in [0.717, 1.165) is 0 Å². The smallest absolute Gasteiger partial charge is 0.157 e. The minimum Gasteiger partial charge on any atom is -0.391 e. The molecule has 0 aromatic rings. The van der Waals surface area contributed by atoms with Gasteiger partial charge in [0.1, 0.15) is 0 Å². The Morgan fingerprint density at radius 2 is 1.83 bits per heavy atom. The predicted octanol–water partition coefficient (Wildman–Crippen LogP) is 0.127. The fourth-order valence-electron chi connectivity index (χ4n) is 0.648. The third-order valence-corrected chi connectivity index (χ3v) is 1.62.